The number of fused-ring (bicyclic) bond motifs is 2. The predicted molar refractivity (Wildman–Crippen MR) is 104 cm³/mol. The minimum Gasteiger partial charge on any atom is -0.462 e. The van der Waals surface area contributed by atoms with Gasteiger partial charge in [0, 0.05) is 12.5 Å². The van der Waals surface area contributed by atoms with Crippen molar-refractivity contribution in [2.24, 2.45) is 23.2 Å². The van der Waals surface area contributed by atoms with Crippen molar-refractivity contribution < 1.29 is 9.53 Å². The van der Waals surface area contributed by atoms with E-state index in [1.165, 1.54) is 24.0 Å². The van der Waals surface area contributed by atoms with E-state index in [1.807, 2.05) is 6.07 Å². The van der Waals surface area contributed by atoms with E-state index in [0.717, 1.165) is 38.8 Å². The standard InChI is InChI=1S/C23H31NO2/c1-16-7-6-11-23(2)14-21-18(13-20(16)23)19(22(25)26-21)15-24-12-10-17-8-4-3-5-9-17/h3-5,8-9,18-21,24H,1,6-7,10-15H2,2H3/t18-,19-,20-,21+,23+/m0/s1. The molecule has 0 aromatic heterocycles. The molecule has 0 amide bonds. The van der Waals surface area contributed by atoms with Crippen LogP contribution in [0.15, 0.2) is 42.5 Å². The zero-order chi connectivity index (χ0) is 18.1. The predicted octanol–water partition coefficient (Wildman–Crippen LogP) is 4.13. The molecule has 140 valence electrons. The Kier molecular flexibility index (Phi) is 4.92. The van der Waals surface area contributed by atoms with Gasteiger partial charge in [0.25, 0.3) is 0 Å². The van der Waals surface area contributed by atoms with Crippen molar-refractivity contribution >= 4 is 5.97 Å². The highest BCUT2D eigenvalue weighted by molar-refractivity contribution is 5.75. The van der Waals surface area contributed by atoms with Crippen LogP contribution in [0, 0.1) is 23.2 Å². The van der Waals surface area contributed by atoms with Crippen LogP contribution >= 0.6 is 0 Å². The summed E-state index contributed by atoms with van der Waals surface area (Å²) < 4.78 is 5.83. The number of carbonyl (C=O) groups is 1. The van der Waals surface area contributed by atoms with Crippen LogP contribution in [-0.2, 0) is 16.0 Å². The number of esters is 1. The molecule has 3 aliphatic rings. The van der Waals surface area contributed by atoms with Gasteiger partial charge in [0.15, 0.2) is 0 Å². The fourth-order valence-corrected chi connectivity index (χ4v) is 5.62. The number of ether oxygens (including phenoxy) is 1. The summed E-state index contributed by atoms with van der Waals surface area (Å²) in [7, 11) is 0. The number of allylic oxidation sites excluding steroid dienone is 1. The maximum Gasteiger partial charge on any atom is 0.310 e. The van der Waals surface area contributed by atoms with Crippen molar-refractivity contribution in [3.05, 3.63) is 48.0 Å². The molecule has 0 spiro atoms. The van der Waals surface area contributed by atoms with E-state index in [9.17, 15) is 4.79 Å². The summed E-state index contributed by atoms with van der Waals surface area (Å²) in [6.07, 6.45) is 6.86. The highest BCUT2D eigenvalue weighted by Gasteiger charge is 2.54. The smallest absolute Gasteiger partial charge is 0.310 e. The highest BCUT2D eigenvalue weighted by Crippen LogP contribution is 2.56. The molecule has 1 aromatic rings. The highest BCUT2D eigenvalue weighted by atomic mass is 16.6. The molecule has 1 N–H and O–H groups in total. The molecule has 1 aliphatic heterocycles. The summed E-state index contributed by atoms with van der Waals surface area (Å²) in [5.74, 6) is 0.952. The lowest BCUT2D eigenvalue weighted by Crippen LogP contribution is -2.45. The lowest BCUT2D eigenvalue weighted by atomic mass is 9.55. The minimum atomic E-state index is 0.00931. The second-order valence-electron chi connectivity index (χ2n) is 8.84. The van der Waals surface area contributed by atoms with Crippen molar-refractivity contribution in [1.29, 1.82) is 0 Å². The van der Waals surface area contributed by atoms with E-state index in [4.69, 9.17) is 4.74 Å². The molecule has 0 bridgehead atoms. The van der Waals surface area contributed by atoms with Gasteiger partial charge in [-0.25, -0.2) is 0 Å². The minimum absolute atomic E-state index is 0.00931. The topological polar surface area (TPSA) is 38.3 Å². The summed E-state index contributed by atoms with van der Waals surface area (Å²) in [4.78, 5) is 12.5. The molecule has 3 nitrogen and oxygen atoms in total. The molecule has 2 aliphatic carbocycles. The number of hydrogen-bond acceptors (Lipinski definition) is 3. The van der Waals surface area contributed by atoms with Crippen molar-refractivity contribution in [3.63, 3.8) is 0 Å². The molecule has 1 heterocycles. The van der Waals surface area contributed by atoms with Crippen LogP contribution in [0.2, 0.25) is 0 Å². The van der Waals surface area contributed by atoms with E-state index in [2.05, 4.69) is 43.1 Å². The number of benzene rings is 1. The number of hydrogen-bond donors (Lipinski definition) is 1. The van der Waals surface area contributed by atoms with Gasteiger partial charge < -0.3 is 10.1 Å². The van der Waals surface area contributed by atoms with Crippen LogP contribution < -0.4 is 5.32 Å². The summed E-state index contributed by atoms with van der Waals surface area (Å²) >= 11 is 0. The molecular weight excluding hydrogens is 322 g/mol. The largest absolute Gasteiger partial charge is 0.462 e. The maximum absolute atomic E-state index is 12.5. The second kappa shape index (κ2) is 7.19. The lowest BCUT2D eigenvalue weighted by Gasteiger charge is -2.50. The molecule has 3 heteroatoms. The van der Waals surface area contributed by atoms with Gasteiger partial charge in [-0.05, 0) is 62.0 Å². The Morgan fingerprint density at radius 3 is 2.92 bits per heavy atom. The van der Waals surface area contributed by atoms with E-state index in [-0.39, 0.29) is 23.4 Å². The maximum atomic E-state index is 12.5. The molecular formula is C23H31NO2. The van der Waals surface area contributed by atoms with Gasteiger partial charge >= 0.3 is 5.97 Å². The Labute approximate surface area is 157 Å². The molecule has 1 saturated heterocycles. The van der Waals surface area contributed by atoms with Gasteiger partial charge in [-0.2, -0.15) is 0 Å². The molecule has 1 aromatic carbocycles. The fourth-order valence-electron chi connectivity index (χ4n) is 5.62. The van der Waals surface area contributed by atoms with Crippen LogP contribution in [0.5, 0.6) is 0 Å². The van der Waals surface area contributed by atoms with Crippen molar-refractivity contribution in [3.8, 4) is 0 Å². The summed E-state index contributed by atoms with van der Waals surface area (Å²) in [6.45, 7) is 8.40. The molecule has 26 heavy (non-hydrogen) atoms. The molecule has 0 unspecified atom stereocenters. The summed E-state index contributed by atoms with van der Waals surface area (Å²) in [5.41, 5.74) is 3.03. The van der Waals surface area contributed by atoms with Crippen LogP contribution in [0.1, 0.15) is 44.6 Å². The number of carbonyl (C=O) groups excluding carboxylic acids is 1. The Morgan fingerprint density at radius 1 is 1.31 bits per heavy atom. The van der Waals surface area contributed by atoms with Crippen molar-refractivity contribution in [1.82, 2.24) is 5.32 Å². The van der Waals surface area contributed by atoms with Gasteiger partial charge in [0.1, 0.15) is 6.10 Å². The van der Waals surface area contributed by atoms with E-state index in [0.29, 0.717) is 11.8 Å². The monoisotopic (exact) mass is 353 g/mol. The Bertz CT molecular complexity index is 670. The summed E-state index contributed by atoms with van der Waals surface area (Å²) in [6, 6.07) is 10.5. The van der Waals surface area contributed by atoms with E-state index < -0.39 is 0 Å². The number of rotatable bonds is 5. The third-order valence-corrected chi connectivity index (χ3v) is 7.12. The molecule has 3 fully saturated rings. The van der Waals surface area contributed by atoms with Crippen molar-refractivity contribution in [2.45, 2.75) is 51.6 Å². The first-order valence-corrected chi connectivity index (χ1v) is 10.2. The first-order chi connectivity index (χ1) is 12.6. The average molecular weight is 354 g/mol. The Morgan fingerprint density at radius 2 is 2.12 bits per heavy atom. The molecule has 2 saturated carbocycles. The SMILES string of the molecule is C=C1CCC[C@]2(C)C[C@H]3OC(=O)[C@@H](CNCCc4ccccc4)[C@@H]3C[C@@H]12. The Balaban J connectivity index is 1.36. The van der Waals surface area contributed by atoms with E-state index >= 15 is 0 Å². The average Bonchev–Trinajstić information content (AvgIpc) is 2.92. The lowest BCUT2D eigenvalue weighted by molar-refractivity contribution is -0.146. The zero-order valence-electron chi connectivity index (χ0n) is 15.9. The third-order valence-electron chi connectivity index (χ3n) is 7.12. The van der Waals surface area contributed by atoms with Gasteiger partial charge in [0.05, 0.1) is 5.92 Å². The quantitative estimate of drug-likeness (QED) is 0.491. The summed E-state index contributed by atoms with van der Waals surface area (Å²) in [5, 5.41) is 3.51. The molecule has 0 radical (unpaired) electrons. The fraction of sp³-hybridized carbons (Fsp3) is 0.609. The molecule has 4 rings (SSSR count). The number of nitrogens with one attached hydrogen (secondary N) is 1. The Hall–Kier alpha value is -1.61. The van der Waals surface area contributed by atoms with E-state index in [1.54, 1.807) is 0 Å². The van der Waals surface area contributed by atoms with Crippen molar-refractivity contribution in [2.75, 3.05) is 13.1 Å². The second-order valence-corrected chi connectivity index (χ2v) is 8.84. The van der Waals surface area contributed by atoms with Gasteiger partial charge in [0.2, 0.25) is 0 Å². The van der Waals surface area contributed by atoms with Crippen LogP contribution in [-0.4, -0.2) is 25.2 Å². The van der Waals surface area contributed by atoms with Crippen LogP contribution in [0.25, 0.3) is 0 Å². The first-order valence-electron chi connectivity index (χ1n) is 10.2. The molecule has 5 atom stereocenters. The van der Waals surface area contributed by atoms with Gasteiger partial charge in [-0.3, -0.25) is 4.79 Å². The van der Waals surface area contributed by atoms with Gasteiger partial charge in [-0.15, -0.1) is 0 Å². The normalized spacial score (nSPS) is 36.3. The third kappa shape index (κ3) is 3.34. The van der Waals surface area contributed by atoms with Crippen LogP contribution in [0.3, 0.4) is 0 Å². The van der Waals surface area contributed by atoms with Crippen LogP contribution in [0.4, 0.5) is 0 Å². The first kappa shape index (κ1) is 17.8. The zero-order valence-corrected chi connectivity index (χ0v) is 15.9. The van der Waals surface area contributed by atoms with Gasteiger partial charge in [-0.1, -0.05) is 49.4 Å².